The van der Waals surface area contributed by atoms with Crippen LogP contribution in [0.3, 0.4) is 0 Å². The highest BCUT2D eigenvalue weighted by molar-refractivity contribution is 6.03. The second-order valence-electron chi connectivity index (χ2n) is 10.1. The molecule has 1 unspecified atom stereocenters. The van der Waals surface area contributed by atoms with Gasteiger partial charge in [-0.2, -0.15) is 0 Å². The predicted octanol–water partition coefficient (Wildman–Crippen LogP) is 3.93. The maximum absolute atomic E-state index is 13.9. The average molecular weight is 515 g/mol. The van der Waals surface area contributed by atoms with Crippen molar-refractivity contribution in [2.45, 2.75) is 32.1 Å². The molecular formula is C28H31FN8O. The van der Waals surface area contributed by atoms with Crippen molar-refractivity contribution in [3.8, 4) is 11.3 Å². The van der Waals surface area contributed by atoms with Gasteiger partial charge in [0.1, 0.15) is 23.8 Å². The van der Waals surface area contributed by atoms with E-state index < -0.39 is 0 Å². The summed E-state index contributed by atoms with van der Waals surface area (Å²) in [4.78, 5) is 34.7. The van der Waals surface area contributed by atoms with Crippen molar-refractivity contribution >= 4 is 28.8 Å². The van der Waals surface area contributed by atoms with E-state index in [1.54, 1.807) is 6.20 Å². The number of rotatable bonds is 7. The van der Waals surface area contributed by atoms with Crippen LogP contribution in [0, 0.1) is 5.82 Å². The summed E-state index contributed by atoms with van der Waals surface area (Å²) in [5.41, 5.74) is 5.18. The molecule has 9 nitrogen and oxygen atoms in total. The van der Waals surface area contributed by atoms with Crippen LogP contribution in [-0.4, -0.2) is 70.0 Å². The summed E-state index contributed by atoms with van der Waals surface area (Å²) >= 11 is 0. The Morgan fingerprint density at radius 2 is 2.03 bits per heavy atom. The van der Waals surface area contributed by atoms with Crippen molar-refractivity contribution in [2.24, 2.45) is 0 Å². The zero-order valence-corrected chi connectivity index (χ0v) is 21.5. The van der Waals surface area contributed by atoms with Crippen molar-refractivity contribution in [1.82, 2.24) is 24.8 Å². The molecule has 1 saturated heterocycles. The van der Waals surface area contributed by atoms with Gasteiger partial charge in [-0.25, -0.2) is 19.3 Å². The summed E-state index contributed by atoms with van der Waals surface area (Å²) in [5, 5.41) is 6.45. The van der Waals surface area contributed by atoms with Crippen LogP contribution in [0.2, 0.25) is 0 Å². The summed E-state index contributed by atoms with van der Waals surface area (Å²) < 4.78 is 13.9. The van der Waals surface area contributed by atoms with Gasteiger partial charge in [-0.1, -0.05) is 6.08 Å². The second-order valence-corrected chi connectivity index (χ2v) is 10.1. The maximum Gasteiger partial charge on any atom is 0.233 e. The first-order valence-corrected chi connectivity index (χ1v) is 13.2. The van der Waals surface area contributed by atoms with E-state index in [1.807, 2.05) is 19.1 Å². The number of hydrogen-bond acceptors (Lipinski definition) is 8. The minimum absolute atomic E-state index is 0.0486. The first-order chi connectivity index (χ1) is 18.6. The second kappa shape index (κ2) is 10.4. The topological polar surface area (TPSA) is 99.2 Å². The lowest BCUT2D eigenvalue weighted by molar-refractivity contribution is -0.116. The number of carbonyl (C=O) groups excluding carboxylic acids is 1. The summed E-state index contributed by atoms with van der Waals surface area (Å²) in [6.07, 6.45) is 9.81. The Kier molecular flexibility index (Phi) is 6.71. The van der Waals surface area contributed by atoms with Crippen LogP contribution in [0.4, 0.5) is 21.7 Å². The number of aromatic nitrogens is 4. The monoisotopic (exact) mass is 514 g/mol. The first-order valence-electron chi connectivity index (χ1n) is 13.2. The number of amides is 1. The van der Waals surface area contributed by atoms with Gasteiger partial charge in [0.15, 0.2) is 0 Å². The summed E-state index contributed by atoms with van der Waals surface area (Å²) in [6, 6.07) is 5.42. The fraction of sp³-hybridized carbons (Fsp3) is 0.393. The number of halogens is 1. The van der Waals surface area contributed by atoms with Gasteiger partial charge in [0.05, 0.1) is 29.2 Å². The van der Waals surface area contributed by atoms with E-state index >= 15 is 0 Å². The number of fused-ring (bicyclic) bond motifs is 1. The molecule has 1 amide bonds. The van der Waals surface area contributed by atoms with Crippen LogP contribution in [0.5, 0.6) is 0 Å². The molecular weight excluding hydrogens is 483 g/mol. The lowest BCUT2D eigenvalue weighted by atomic mass is 10.00. The van der Waals surface area contributed by atoms with Gasteiger partial charge in [-0.05, 0) is 63.0 Å². The number of carbonyl (C=O) groups is 1. The van der Waals surface area contributed by atoms with Gasteiger partial charge < -0.3 is 20.4 Å². The molecule has 196 valence electrons. The molecule has 0 saturated carbocycles. The molecule has 0 radical (unpaired) electrons. The molecule has 0 aliphatic carbocycles. The molecule has 0 bridgehead atoms. The Balaban J connectivity index is 1.27. The molecule has 3 aromatic heterocycles. The van der Waals surface area contributed by atoms with Crippen LogP contribution in [0.25, 0.3) is 16.8 Å². The maximum atomic E-state index is 13.9. The normalized spacial score (nSPS) is 19.3. The van der Waals surface area contributed by atoms with Crippen LogP contribution in [0.1, 0.15) is 43.4 Å². The Morgan fingerprint density at radius 3 is 2.82 bits per heavy atom. The summed E-state index contributed by atoms with van der Waals surface area (Å²) in [6.45, 7) is 7.40. The fourth-order valence-corrected chi connectivity index (χ4v) is 5.48. The van der Waals surface area contributed by atoms with Gasteiger partial charge in [0.25, 0.3) is 0 Å². The highest BCUT2D eigenvalue weighted by atomic mass is 19.1. The third-order valence-electron chi connectivity index (χ3n) is 7.58. The molecule has 1 fully saturated rings. The summed E-state index contributed by atoms with van der Waals surface area (Å²) in [5.74, 6) is 0.687. The van der Waals surface area contributed by atoms with Crippen LogP contribution in [-0.2, 0) is 4.79 Å². The van der Waals surface area contributed by atoms with E-state index in [0.29, 0.717) is 23.6 Å². The first kappa shape index (κ1) is 24.4. The summed E-state index contributed by atoms with van der Waals surface area (Å²) in [7, 11) is 0. The average Bonchev–Trinajstić information content (AvgIpc) is 3.56. The van der Waals surface area contributed by atoms with E-state index in [-0.39, 0.29) is 17.6 Å². The highest BCUT2D eigenvalue weighted by Gasteiger charge is 2.33. The molecule has 10 heteroatoms. The van der Waals surface area contributed by atoms with E-state index in [2.05, 4.69) is 41.5 Å². The van der Waals surface area contributed by atoms with E-state index in [4.69, 9.17) is 4.98 Å². The smallest absolute Gasteiger partial charge is 0.233 e. The van der Waals surface area contributed by atoms with Gasteiger partial charge in [0, 0.05) is 43.5 Å². The molecule has 2 N–H and O–H groups in total. The standard InChI is InChI=1S/C28H31FN8O/c1-18-24-26(35-28(18)38)32-17-33-27(24)37-11-6-19(7-12-37)25-23(31-8-13-36-9-2-3-10-36)5-4-22(34-25)20-14-21(29)16-30-15-20/h4-6,14-18,31H,2-3,7-13H2,1H3,(H,32,33,35,38). The number of likely N-dealkylation sites (tertiary alicyclic amines) is 1. The minimum Gasteiger partial charge on any atom is -0.382 e. The van der Waals surface area contributed by atoms with Crippen LogP contribution in [0.15, 0.2) is 43.0 Å². The Bertz CT molecular complexity index is 1390. The molecule has 38 heavy (non-hydrogen) atoms. The fourth-order valence-electron chi connectivity index (χ4n) is 5.48. The van der Waals surface area contributed by atoms with Gasteiger partial charge in [-0.15, -0.1) is 0 Å². The quantitative estimate of drug-likeness (QED) is 0.489. The lowest BCUT2D eigenvalue weighted by Gasteiger charge is -2.29. The molecule has 0 aromatic carbocycles. The third-order valence-corrected chi connectivity index (χ3v) is 7.58. The van der Waals surface area contributed by atoms with Crippen molar-refractivity contribution in [3.05, 3.63) is 60.1 Å². The van der Waals surface area contributed by atoms with Crippen LogP contribution >= 0.6 is 0 Å². The Labute approximate surface area is 221 Å². The molecule has 0 spiro atoms. The van der Waals surface area contributed by atoms with Gasteiger partial charge in [0.2, 0.25) is 5.91 Å². The molecule has 3 aliphatic rings. The molecule has 6 heterocycles. The molecule has 1 atom stereocenters. The number of hydrogen-bond donors (Lipinski definition) is 2. The van der Waals surface area contributed by atoms with E-state index in [9.17, 15) is 9.18 Å². The minimum atomic E-state index is -0.384. The number of nitrogens with zero attached hydrogens (tertiary/aromatic N) is 6. The SMILES string of the molecule is CC1C(=O)Nc2ncnc(N3CC=C(c4nc(-c5cncc(F)c5)ccc4NCCN4CCCC4)CC3)c21. The number of anilines is 3. The van der Waals surface area contributed by atoms with Crippen molar-refractivity contribution in [3.63, 3.8) is 0 Å². The molecule has 3 aliphatic heterocycles. The molecule has 3 aromatic rings. The van der Waals surface area contributed by atoms with Crippen molar-refractivity contribution in [1.29, 1.82) is 0 Å². The molecule has 6 rings (SSSR count). The van der Waals surface area contributed by atoms with Gasteiger partial charge in [-0.3, -0.25) is 9.78 Å². The zero-order valence-electron chi connectivity index (χ0n) is 21.5. The van der Waals surface area contributed by atoms with Gasteiger partial charge >= 0.3 is 0 Å². The zero-order chi connectivity index (χ0) is 26.1. The third kappa shape index (κ3) is 4.83. The Morgan fingerprint density at radius 1 is 1.16 bits per heavy atom. The lowest BCUT2D eigenvalue weighted by Crippen LogP contribution is -2.30. The van der Waals surface area contributed by atoms with Crippen LogP contribution < -0.4 is 15.5 Å². The van der Waals surface area contributed by atoms with Crippen molar-refractivity contribution in [2.75, 3.05) is 54.8 Å². The Hall–Kier alpha value is -3.92. The van der Waals surface area contributed by atoms with Crippen molar-refractivity contribution < 1.29 is 9.18 Å². The van der Waals surface area contributed by atoms with E-state index in [1.165, 1.54) is 31.4 Å². The number of nitrogens with one attached hydrogen (secondary N) is 2. The number of pyridine rings is 2. The highest BCUT2D eigenvalue weighted by Crippen LogP contribution is 2.38. The largest absolute Gasteiger partial charge is 0.382 e. The predicted molar refractivity (Wildman–Crippen MR) is 145 cm³/mol. The van der Waals surface area contributed by atoms with E-state index in [0.717, 1.165) is 67.5 Å².